The van der Waals surface area contributed by atoms with Gasteiger partial charge in [0.05, 0.1) is 12.2 Å². The number of benzene rings is 1. The maximum atomic E-state index is 12.1. The van der Waals surface area contributed by atoms with Gasteiger partial charge >= 0.3 is 0 Å². The highest BCUT2D eigenvalue weighted by molar-refractivity contribution is 7.14. The summed E-state index contributed by atoms with van der Waals surface area (Å²) in [6.45, 7) is 1.98. The predicted octanol–water partition coefficient (Wildman–Crippen LogP) is 2.49. The van der Waals surface area contributed by atoms with Gasteiger partial charge < -0.3 is 15.3 Å². The third-order valence-electron chi connectivity index (χ3n) is 3.67. The number of nitriles is 1. The molecule has 0 saturated carbocycles. The van der Waals surface area contributed by atoms with Gasteiger partial charge in [0, 0.05) is 26.1 Å². The normalized spacial score (nSPS) is 10.5. The molecule has 0 spiro atoms. The van der Waals surface area contributed by atoms with Gasteiger partial charge in [-0.05, 0) is 23.4 Å². The van der Waals surface area contributed by atoms with Crippen LogP contribution < -0.4 is 5.32 Å². The van der Waals surface area contributed by atoms with Crippen molar-refractivity contribution in [3.8, 4) is 6.07 Å². The number of nitrogens with zero attached hydrogens (tertiary/aromatic N) is 2. The molecule has 0 unspecified atom stereocenters. The second-order valence-electron chi connectivity index (χ2n) is 5.37. The van der Waals surface area contributed by atoms with Crippen molar-refractivity contribution in [2.45, 2.75) is 12.8 Å². The number of aliphatic hydroxyl groups is 1. The van der Waals surface area contributed by atoms with Crippen molar-refractivity contribution in [2.75, 3.05) is 31.6 Å². The molecule has 2 aromatic rings. The van der Waals surface area contributed by atoms with E-state index in [0.717, 1.165) is 13.0 Å². The van der Waals surface area contributed by atoms with Crippen LogP contribution in [-0.4, -0.2) is 42.2 Å². The fraction of sp³-hybridized carbons (Fsp3) is 0.333. The first-order chi connectivity index (χ1) is 11.7. The topological polar surface area (TPSA) is 76.4 Å². The molecule has 1 aromatic heterocycles. The molecule has 0 saturated heterocycles. The molecule has 0 aliphatic rings. The van der Waals surface area contributed by atoms with Gasteiger partial charge in [0.15, 0.2) is 0 Å². The number of amides is 1. The zero-order valence-electron chi connectivity index (χ0n) is 13.4. The summed E-state index contributed by atoms with van der Waals surface area (Å²) >= 11 is 1.35. The van der Waals surface area contributed by atoms with E-state index in [4.69, 9.17) is 5.26 Å². The quantitative estimate of drug-likeness (QED) is 0.733. The van der Waals surface area contributed by atoms with Crippen molar-refractivity contribution in [1.82, 2.24) is 4.90 Å². The maximum Gasteiger partial charge on any atom is 0.226 e. The Balaban J connectivity index is 1.80. The molecule has 1 heterocycles. The third kappa shape index (κ3) is 5.78. The van der Waals surface area contributed by atoms with Gasteiger partial charge in [-0.2, -0.15) is 5.26 Å². The minimum absolute atomic E-state index is 0.0694. The fourth-order valence-corrected chi connectivity index (χ4v) is 3.11. The molecular weight excluding hydrogens is 322 g/mol. The van der Waals surface area contributed by atoms with Crippen LogP contribution in [0.2, 0.25) is 0 Å². The zero-order valence-corrected chi connectivity index (χ0v) is 14.3. The fourth-order valence-electron chi connectivity index (χ4n) is 2.35. The Morgan fingerprint density at radius 1 is 1.21 bits per heavy atom. The first kappa shape index (κ1) is 18.1. The maximum absolute atomic E-state index is 12.1. The number of hydrogen-bond acceptors (Lipinski definition) is 5. The molecule has 1 amide bonds. The molecule has 0 aliphatic carbocycles. The molecule has 6 heteroatoms. The summed E-state index contributed by atoms with van der Waals surface area (Å²) in [5.74, 6) is -0.114. The van der Waals surface area contributed by atoms with Gasteiger partial charge in [-0.3, -0.25) is 4.79 Å². The van der Waals surface area contributed by atoms with E-state index in [1.54, 1.807) is 11.4 Å². The van der Waals surface area contributed by atoms with Crippen LogP contribution >= 0.6 is 11.3 Å². The number of rotatable bonds is 9. The Kier molecular flexibility index (Phi) is 7.43. The van der Waals surface area contributed by atoms with E-state index in [2.05, 4.69) is 28.4 Å². The van der Waals surface area contributed by atoms with E-state index >= 15 is 0 Å². The smallest absolute Gasteiger partial charge is 0.226 e. The largest absolute Gasteiger partial charge is 0.395 e. The predicted molar refractivity (Wildman–Crippen MR) is 96.0 cm³/mol. The summed E-state index contributed by atoms with van der Waals surface area (Å²) in [7, 11) is 0. The number of anilines is 1. The molecule has 2 rings (SSSR count). The lowest BCUT2D eigenvalue weighted by Crippen LogP contribution is -2.32. The van der Waals surface area contributed by atoms with Crippen LogP contribution in [0.5, 0.6) is 0 Å². The molecule has 2 N–H and O–H groups in total. The first-order valence-electron chi connectivity index (χ1n) is 7.87. The summed E-state index contributed by atoms with van der Waals surface area (Å²) in [6, 6.07) is 13.9. The number of carbonyl (C=O) groups excluding carboxylic acids is 1. The highest BCUT2D eigenvalue weighted by Crippen LogP contribution is 2.22. The van der Waals surface area contributed by atoms with Crippen LogP contribution in [0.3, 0.4) is 0 Å². The molecular formula is C18H21N3O2S. The molecule has 5 nitrogen and oxygen atoms in total. The molecule has 0 bridgehead atoms. The average Bonchev–Trinajstić information content (AvgIpc) is 3.05. The molecule has 24 heavy (non-hydrogen) atoms. The van der Waals surface area contributed by atoms with Crippen molar-refractivity contribution in [3.05, 3.63) is 52.9 Å². The lowest BCUT2D eigenvalue weighted by Gasteiger charge is -2.21. The number of hydrogen-bond donors (Lipinski definition) is 2. The van der Waals surface area contributed by atoms with Gasteiger partial charge in [0.2, 0.25) is 5.91 Å². The second kappa shape index (κ2) is 9.83. The lowest BCUT2D eigenvalue weighted by molar-refractivity contribution is -0.116. The first-order valence-corrected chi connectivity index (χ1v) is 8.75. The highest BCUT2D eigenvalue weighted by atomic mass is 32.1. The monoisotopic (exact) mass is 343 g/mol. The molecule has 126 valence electrons. The van der Waals surface area contributed by atoms with Crippen molar-refractivity contribution < 1.29 is 9.90 Å². The minimum atomic E-state index is -0.114. The van der Waals surface area contributed by atoms with Gasteiger partial charge in [-0.15, -0.1) is 11.3 Å². The van der Waals surface area contributed by atoms with E-state index in [0.29, 0.717) is 30.1 Å². The van der Waals surface area contributed by atoms with E-state index < -0.39 is 0 Å². The summed E-state index contributed by atoms with van der Waals surface area (Å²) in [6.07, 6.45) is 1.21. The Hall–Kier alpha value is -2.20. The van der Waals surface area contributed by atoms with E-state index in [1.165, 1.54) is 16.9 Å². The summed E-state index contributed by atoms with van der Waals surface area (Å²) in [5.41, 5.74) is 1.73. The average molecular weight is 343 g/mol. The van der Waals surface area contributed by atoms with Crippen LogP contribution in [0.25, 0.3) is 0 Å². The molecule has 1 aromatic carbocycles. The number of carbonyl (C=O) groups is 1. The van der Waals surface area contributed by atoms with E-state index in [9.17, 15) is 9.90 Å². The van der Waals surface area contributed by atoms with Gasteiger partial charge in [-0.25, -0.2) is 0 Å². The number of nitrogens with one attached hydrogen (secondary N) is 1. The molecule has 0 aliphatic heterocycles. The number of aliphatic hydroxyl groups excluding tert-OH is 1. The Labute approximate surface area is 146 Å². The van der Waals surface area contributed by atoms with Crippen molar-refractivity contribution in [3.63, 3.8) is 0 Å². The van der Waals surface area contributed by atoms with Gasteiger partial charge in [-0.1, -0.05) is 30.3 Å². The Morgan fingerprint density at radius 2 is 2.00 bits per heavy atom. The molecule has 0 atom stereocenters. The standard InChI is InChI=1S/C18H21N3O2S/c19-14-16-8-13-24-18(16)20-17(23)7-10-21(11-12-22)9-6-15-4-2-1-3-5-15/h1-5,8,13,22H,6-7,9-12H2,(H,20,23). The lowest BCUT2D eigenvalue weighted by atomic mass is 10.1. The summed E-state index contributed by atoms with van der Waals surface area (Å²) in [4.78, 5) is 14.1. The summed E-state index contributed by atoms with van der Waals surface area (Å²) in [5, 5.41) is 23.3. The highest BCUT2D eigenvalue weighted by Gasteiger charge is 2.11. The zero-order chi connectivity index (χ0) is 17.2. The van der Waals surface area contributed by atoms with Crippen LogP contribution in [0.4, 0.5) is 5.00 Å². The Morgan fingerprint density at radius 3 is 2.71 bits per heavy atom. The second-order valence-corrected chi connectivity index (χ2v) is 6.29. The molecule has 0 fully saturated rings. The van der Waals surface area contributed by atoms with Gasteiger partial charge in [0.25, 0.3) is 0 Å². The third-order valence-corrected chi connectivity index (χ3v) is 4.50. The number of thiophene rings is 1. The van der Waals surface area contributed by atoms with Crippen molar-refractivity contribution >= 4 is 22.2 Å². The van der Waals surface area contributed by atoms with Crippen LogP contribution in [-0.2, 0) is 11.2 Å². The molecule has 0 radical (unpaired) electrons. The van der Waals surface area contributed by atoms with Crippen LogP contribution in [0, 0.1) is 11.3 Å². The summed E-state index contributed by atoms with van der Waals surface area (Å²) < 4.78 is 0. The van der Waals surface area contributed by atoms with E-state index in [-0.39, 0.29) is 12.5 Å². The van der Waals surface area contributed by atoms with Crippen LogP contribution in [0.15, 0.2) is 41.8 Å². The van der Waals surface area contributed by atoms with Crippen molar-refractivity contribution in [1.29, 1.82) is 5.26 Å². The Bertz CT molecular complexity index is 679. The SMILES string of the molecule is N#Cc1ccsc1NC(=O)CCN(CCO)CCc1ccccc1. The van der Waals surface area contributed by atoms with E-state index in [1.807, 2.05) is 18.2 Å². The van der Waals surface area contributed by atoms with Gasteiger partial charge in [0.1, 0.15) is 11.1 Å². The van der Waals surface area contributed by atoms with Crippen LogP contribution in [0.1, 0.15) is 17.5 Å². The minimum Gasteiger partial charge on any atom is -0.395 e. The van der Waals surface area contributed by atoms with Crippen molar-refractivity contribution in [2.24, 2.45) is 0 Å².